The van der Waals surface area contributed by atoms with Crippen molar-refractivity contribution in [3.8, 4) is 0 Å². The van der Waals surface area contributed by atoms with Crippen LogP contribution in [0.3, 0.4) is 0 Å². The third kappa shape index (κ3) is 2.02. The Morgan fingerprint density at radius 2 is 2.40 bits per heavy atom. The van der Waals surface area contributed by atoms with Gasteiger partial charge >= 0.3 is 0 Å². The average Bonchev–Trinajstić information content (AvgIpc) is 1.94. The van der Waals surface area contributed by atoms with Crippen molar-refractivity contribution >= 4 is 11.6 Å². The molecule has 0 heterocycles. The molecule has 53 valence electrons. The smallest absolute Gasteiger partial charge is 0.0711 e. The minimum atomic E-state index is 0.365. The average molecular weight is 154 g/mol. The Hall–Kier alpha value is 0.0300. The largest absolute Gasteiger partial charge is 0.117 e. The summed E-state index contributed by atoms with van der Waals surface area (Å²) in [6, 6.07) is 0. The molecule has 1 aliphatic rings. The van der Waals surface area contributed by atoms with Crippen LogP contribution in [0.4, 0.5) is 0 Å². The highest BCUT2D eigenvalue weighted by molar-refractivity contribution is 6.28. The second-order valence-corrected chi connectivity index (χ2v) is 2.70. The van der Waals surface area contributed by atoms with Crippen LogP contribution in [0.25, 0.3) is 0 Å². The van der Waals surface area contributed by atoms with Gasteiger partial charge in [-0.2, -0.15) is 0 Å². The molecule has 0 aromatic heterocycles. The molecule has 1 unspecified atom stereocenters. The van der Waals surface area contributed by atoms with E-state index >= 15 is 0 Å². The van der Waals surface area contributed by atoms with Crippen molar-refractivity contribution in [2.75, 3.05) is 0 Å². The molecular weight excluding hydrogens is 144 g/mol. The lowest BCUT2D eigenvalue weighted by Crippen LogP contribution is -2.14. The predicted molar refractivity (Wildman–Crippen MR) is 44.6 cm³/mol. The van der Waals surface area contributed by atoms with E-state index in [1.54, 1.807) is 0 Å². The summed E-state index contributed by atoms with van der Waals surface area (Å²) in [4.78, 5) is 0. The first-order chi connectivity index (χ1) is 4.84. The lowest BCUT2D eigenvalue weighted by molar-refractivity contribution is 0.685. The van der Waals surface area contributed by atoms with Gasteiger partial charge in [-0.05, 0) is 38.0 Å². The van der Waals surface area contributed by atoms with Crippen LogP contribution in [0, 0.1) is 37.0 Å². The lowest BCUT2D eigenvalue weighted by Gasteiger charge is -2.23. The maximum Gasteiger partial charge on any atom is 0.0711 e. The quantitative estimate of drug-likeness (QED) is 0.536. The van der Waals surface area contributed by atoms with E-state index in [1.807, 2.05) is 25.3 Å². The molecule has 0 nitrogen and oxygen atoms in total. The van der Waals surface area contributed by atoms with Crippen LogP contribution >= 0.6 is 11.6 Å². The summed E-state index contributed by atoms with van der Waals surface area (Å²) in [6.07, 6.45) is 10.8. The molecule has 0 amide bonds. The SMILES string of the molecule is C=CCC1[CH][CH][CH][CH][C]1Cl. The summed E-state index contributed by atoms with van der Waals surface area (Å²) in [6.45, 7) is 3.66. The Labute approximate surface area is 68.3 Å². The summed E-state index contributed by atoms with van der Waals surface area (Å²) < 4.78 is 0. The highest BCUT2D eigenvalue weighted by atomic mass is 35.5. The van der Waals surface area contributed by atoms with Crippen molar-refractivity contribution in [1.29, 1.82) is 0 Å². The maximum atomic E-state index is 5.89. The molecule has 1 saturated carbocycles. The monoisotopic (exact) mass is 153 g/mol. The number of allylic oxidation sites excluding steroid dienone is 1. The van der Waals surface area contributed by atoms with E-state index < -0.39 is 0 Å². The van der Waals surface area contributed by atoms with Gasteiger partial charge in [0.05, 0.1) is 5.38 Å². The second kappa shape index (κ2) is 4.02. The van der Waals surface area contributed by atoms with Gasteiger partial charge in [-0.3, -0.25) is 0 Å². The van der Waals surface area contributed by atoms with Crippen molar-refractivity contribution in [2.45, 2.75) is 6.42 Å². The summed E-state index contributed by atoms with van der Waals surface area (Å²) in [5, 5.41) is 0.905. The minimum Gasteiger partial charge on any atom is -0.117 e. The van der Waals surface area contributed by atoms with E-state index in [9.17, 15) is 0 Å². The molecule has 1 fully saturated rings. The van der Waals surface area contributed by atoms with Crippen LogP contribution in [0.15, 0.2) is 12.7 Å². The van der Waals surface area contributed by atoms with E-state index in [4.69, 9.17) is 11.6 Å². The normalized spacial score (nSPS) is 28.3. The summed E-state index contributed by atoms with van der Waals surface area (Å²) >= 11 is 5.89. The zero-order chi connectivity index (χ0) is 7.40. The number of hydrogen-bond donors (Lipinski definition) is 0. The van der Waals surface area contributed by atoms with Crippen molar-refractivity contribution in [1.82, 2.24) is 0 Å². The third-order valence-electron chi connectivity index (χ3n) is 1.48. The molecule has 10 heavy (non-hydrogen) atoms. The molecule has 0 aromatic carbocycles. The van der Waals surface area contributed by atoms with Crippen molar-refractivity contribution in [2.24, 2.45) is 5.92 Å². The molecule has 0 aliphatic heterocycles. The molecule has 0 bridgehead atoms. The summed E-state index contributed by atoms with van der Waals surface area (Å²) in [5.74, 6) is 0.365. The Kier molecular flexibility index (Phi) is 3.27. The second-order valence-electron chi connectivity index (χ2n) is 2.26. The van der Waals surface area contributed by atoms with Gasteiger partial charge in [0.2, 0.25) is 0 Å². The molecule has 0 N–H and O–H groups in total. The molecule has 1 heteroatoms. The van der Waals surface area contributed by atoms with Crippen LogP contribution in [0.1, 0.15) is 6.42 Å². The molecular formula is C9H10Cl. The van der Waals surface area contributed by atoms with Gasteiger partial charge in [0.15, 0.2) is 0 Å². The summed E-state index contributed by atoms with van der Waals surface area (Å²) in [5.41, 5.74) is 0. The van der Waals surface area contributed by atoms with Crippen molar-refractivity contribution in [3.05, 3.63) is 43.7 Å². The van der Waals surface area contributed by atoms with Crippen LogP contribution in [-0.4, -0.2) is 0 Å². The van der Waals surface area contributed by atoms with Crippen LogP contribution in [0.2, 0.25) is 0 Å². The van der Waals surface area contributed by atoms with Crippen LogP contribution < -0.4 is 0 Å². The van der Waals surface area contributed by atoms with Gasteiger partial charge in [-0.1, -0.05) is 6.08 Å². The fraction of sp³-hybridized carbons (Fsp3) is 0.222. The number of rotatable bonds is 2. The Morgan fingerprint density at radius 1 is 1.60 bits per heavy atom. The van der Waals surface area contributed by atoms with E-state index in [1.165, 1.54) is 0 Å². The van der Waals surface area contributed by atoms with E-state index in [0.29, 0.717) is 5.92 Å². The molecule has 5 radical (unpaired) electrons. The topological polar surface area (TPSA) is 0 Å². The first kappa shape index (κ1) is 8.13. The Bertz CT molecular complexity index is 109. The van der Waals surface area contributed by atoms with Gasteiger partial charge in [0, 0.05) is 0 Å². The molecule has 0 saturated heterocycles. The number of halogens is 1. The molecule has 0 aromatic rings. The maximum absolute atomic E-state index is 5.89. The number of hydrogen-bond acceptors (Lipinski definition) is 0. The van der Waals surface area contributed by atoms with E-state index in [2.05, 4.69) is 13.0 Å². The Morgan fingerprint density at radius 3 is 3.00 bits per heavy atom. The fourth-order valence-corrected chi connectivity index (χ4v) is 1.17. The van der Waals surface area contributed by atoms with Gasteiger partial charge in [-0.15, -0.1) is 18.2 Å². The minimum absolute atomic E-state index is 0.365. The molecule has 1 rings (SSSR count). The van der Waals surface area contributed by atoms with Gasteiger partial charge in [0.1, 0.15) is 0 Å². The molecule has 1 aliphatic carbocycles. The van der Waals surface area contributed by atoms with Crippen LogP contribution in [-0.2, 0) is 0 Å². The zero-order valence-corrected chi connectivity index (χ0v) is 6.51. The lowest BCUT2D eigenvalue weighted by atomic mass is 9.86. The predicted octanol–water partition coefficient (Wildman–Crippen LogP) is 2.78. The molecule has 0 spiro atoms. The highest BCUT2D eigenvalue weighted by Gasteiger charge is 2.22. The third-order valence-corrected chi connectivity index (χ3v) is 1.89. The first-order valence-corrected chi connectivity index (χ1v) is 3.70. The van der Waals surface area contributed by atoms with Crippen molar-refractivity contribution < 1.29 is 0 Å². The highest BCUT2D eigenvalue weighted by Crippen LogP contribution is 2.34. The Balaban J connectivity index is 2.32. The summed E-state index contributed by atoms with van der Waals surface area (Å²) in [7, 11) is 0. The zero-order valence-electron chi connectivity index (χ0n) is 5.76. The van der Waals surface area contributed by atoms with Gasteiger partial charge in [0.25, 0.3) is 0 Å². The van der Waals surface area contributed by atoms with E-state index in [-0.39, 0.29) is 0 Å². The standard InChI is InChI=1S/C9H10Cl/c1-2-5-8-6-3-4-7-9(8)10/h2-4,6-8H,1,5H2. The van der Waals surface area contributed by atoms with Crippen LogP contribution in [0.5, 0.6) is 0 Å². The van der Waals surface area contributed by atoms with Crippen molar-refractivity contribution in [3.63, 3.8) is 0 Å². The van der Waals surface area contributed by atoms with Gasteiger partial charge < -0.3 is 0 Å². The molecule has 1 atom stereocenters. The first-order valence-electron chi connectivity index (χ1n) is 3.32. The fourth-order valence-electron chi connectivity index (χ4n) is 0.932. The van der Waals surface area contributed by atoms with E-state index in [0.717, 1.165) is 11.8 Å². The van der Waals surface area contributed by atoms with Gasteiger partial charge in [-0.25, -0.2) is 0 Å².